The van der Waals surface area contributed by atoms with Crippen molar-refractivity contribution in [1.82, 2.24) is 15.1 Å². The molecule has 29 heavy (non-hydrogen) atoms. The van der Waals surface area contributed by atoms with Crippen molar-refractivity contribution in [2.45, 2.75) is 95.1 Å². The Hall–Kier alpha value is -1.77. The number of rotatable bonds is 8. The number of nitrogens with zero attached hydrogens (tertiary/aromatic N) is 2. The van der Waals surface area contributed by atoms with Gasteiger partial charge in [0.1, 0.15) is 18.1 Å². The highest BCUT2D eigenvalue weighted by atomic mass is 32.1. The van der Waals surface area contributed by atoms with E-state index >= 15 is 0 Å². The largest absolute Gasteiger partial charge is 0.368 e. The normalized spacial score (nSPS) is 26.3. The lowest BCUT2D eigenvalue weighted by Crippen LogP contribution is -2.57. The van der Waals surface area contributed by atoms with E-state index in [4.69, 9.17) is 5.73 Å². The summed E-state index contributed by atoms with van der Waals surface area (Å²) in [5, 5.41) is 2.18. The molecule has 0 aromatic rings. The number of hydrogen-bond acceptors (Lipinski definition) is 5. The molecule has 0 bridgehead atoms. The highest BCUT2D eigenvalue weighted by molar-refractivity contribution is 7.81. The monoisotopic (exact) mass is 426 g/mol. The Labute approximate surface area is 178 Å². The maximum Gasteiger partial charge on any atom is 0.246 e. The van der Waals surface area contributed by atoms with Crippen LogP contribution in [0.4, 0.5) is 0 Å². The van der Waals surface area contributed by atoms with Crippen molar-refractivity contribution >= 4 is 36.3 Å². The first kappa shape index (κ1) is 23.5. The van der Waals surface area contributed by atoms with Gasteiger partial charge in [0.15, 0.2) is 0 Å². The van der Waals surface area contributed by atoms with Gasteiger partial charge in [-0.3, -0.25) is 19.2 Å². The summed E-state index contributed by atoms with van der Waals surface area (Å²) < 4.78 is 0. The van der Waals surface area contributed by atoms with E-state index in [1.165, 1.54) is 6.92 Å². The molecule has 2 aliphatic rings. The van der Waals surface area contributed by atoms with Gasteiger partial charge in [-0.25, -0.2) is 0 Å². The fourth-order valence-corrected chi connectivity index (χ4v) is 4.50. The molecule has 2 aliphatic heterocycles. The van der Waals surface area contributed by atoms with Crippen molar-refractivity contribution in [2.24, 2.45) is 5.73 Å². The van der Waals surface area contributed by atoms with E-state index in [2.05, 4.69) is 24.9 Å². The molecule has 2 fully saturated rings. The molecule has 0 spiro atoms. The molecule has 0 saturated carbocycles. The van der Waals surface area contributed by atoms with Crippen LogP contribution < -0.4 is 11.1 Å². The second kappa shape index (κ2) is 10.3. The van der Waals surface area contributed by atoms with Crippen LogP contribution in [0.2, 0.25) is 0 Å². The number of unbranched alkanes of at least 4 members (excludes halogenated alkanes) is 1. The van der Waals surface area contributed by atoms with Crippen LogP contribution in [0.1, 0.15) is 65.7 Å². The number of nitrogens with two attached hydrogens (primary N) is 1. The Kier molecular flexibility index (Phi) is 8.36. The quantitative estimate of drug-likeness (QED) is 0.499. The van der Waals surface area contributed by atoms with Crippen molar-refractivity contribution in [1.29, 1.82) is 0 Å². The molecule has 0 aliphatic carbocycles. The van der Waals surface area contributed by atoms with Crippen molar-refractivity contribution in [3.8, 4) is 0 Å². The number of likely N-dealkylation sites (tertiary alicyclic amines) is 2. The lowest BCUT2D eigenvalue weighted by molar-refractivity contribution is -0.148. The third-order valence-electron chi connectivity index (χ3n) is 5.95. The van der Waals surface area contributed by atoms with Crippen LogP contribution >= 0.6 is 12.6 Å². The van der Waals surface area contributed by atoms with Crippen LogP contribution in [0.3, 0.4) is 0 Å². The molecule has 3 N–H and O–H groups in total. The summed E-state index contributed by atoms with van der Waals surface area (Å²) in [5.74, 6) is -1.29. The third-order valence-corrected chi connectivity index (χ3v) is 6.43. The van der Waals surface area contributed by atoms with E-state index < -0.39 is 29.3 Å². The second-order valence-corrected chi connectivity index (χ2v) is 8.79. The van der Waals surface area contributed by atoms with Crippen molar-refractivity contribution in [3.05, 3.63) is 0 Å². The summed E-state index contributed by atoms with van der Waals surface area (Å²) >= 11 is 4.45. The fraction of sp³-hybridized carbons (Fsp3) is 0.800. The number of hydrogen-bond donors (Lipinski definition) is 3. The van der Waals surface area contributed by atoms with Crippen LogP contribution in [-0.2, 0) is 19.2 Å². The molecule has 5 atom stereocenters. The third kappa shape index (κ3) is 5.43. The maximum atomic E-state index is 13.4. The Balaban J connectivity index is 2.11. The lowest BCUT2D eigenvalue weighted by atomic mass is 10.1. The van der Waals surface area contributed by atoms with Crippen LogP contribution in [0, 0.1) is 0 Å². The van der Waals surface area contributed by atoms with Crippen molar-refractivity contribution < 1.29 is 19.2 Å². The summed E-state index contributed by atoms with van der Waals surface area (Å²) in [7, 11) is 0. The topological polar surface area (TPSA) is 113 Å². The number of carbonyl (C=O) groups excluding carboxylic acids is 4. The zero-order valence-electron chi connectivity index (χ0n) is 17.6. The minimum atomic E-state index is -0.802. The zero-order chi connectivity index (χ0) is 21.7. The summed E-state index contributed by atoms with van der Waals surface area (Å²) in [6.07, 6.45) is 5.15. The van der Waals surface area contributed by atoms with E-state index in [1.807, 2.05) is 6.92 Å². The Bertz CT molecular complexity index is 644. The van der Waals surface area contributed by atoms with E-state index in [1.54, 1.807) is 9.80 Å². The molecule has 0 aromatic carbocycles. The van der Waals surface area contributed by atoms with Gasteiger partial charge in [-0.05, 0) is 46.0 Å². The molecular weight excluding hydrogens is 392 g/mol. The van der Waals surface area contributed by atoms with Gasteiger partial charge in [0.2, 0.25) is 23.6 Å². The number of primary amides is 1. The van der Waals surface area contributed by atoms with Crippen LogP contribution in [0.15, 0.2) is 0 Å². The van der Waals surface area contributed by atoms with Gasteiger partial charge < -0.3 is 20.9 Å². The zero-order valence-corrected chi connectivity index (χ0v) is 18.5. The van der Waals surface area contributed by atoms with Gasteiger partial charge in [-0.2, -0.15) is 12.6 Å². The van der Waals surface area contributed by atoms with E-state index in [-0.39, 0.29) is 23.8 Å². The summed E-state index contributed by atoms with van der Waals surface area (Å²) in [6, 6.07) is -2.11. The van der Waals surface area contributed by atoms with Crippen LogP contribution in [0.5, 0.6) is 0 Å². The Morgan fingerprint density at radius 1 is 1.17 bits per heavy atom. The SMILES string of the molecule is CCCCC(S)C(=O)N1CCCC1C(=O)N1C(C)CCC1C(=O)NC(C)C(N)=O. The minimum absolute atomic E-state index is 0.104. The molecule has 4 amide bonds. The first-order chi connectivity index (χ1) is 13.7. The van der Waals surface area contributed by atoms with Gasteiger partial charge in [0.05, 0.1) is 5.25 Å². The second-order valence-electron chi connectivity index (χ2n) is 8.17. The molecular formula is C20H34N4O4S. The van der Waals surface area contributed by atoms with Gasteiger partial charge in [0.25, 0.3) is 0 Å². The molecule has 0 aromatic heterocycles. The van der Waals surface area contributed by atoms with Gasteiger partial charge in [-0.15, -0.1) is 0 Å². The van der Waals surface area contributed by atoms with Gasteiger partial charge in [-0.1, -0.05) is 19.8 Å². The predicted octanol–water partition coefficient (Wildman–Crippen LogP) is 0.836. The maximum absolute atomic E-state index is 13.4. The van der Waals surface area contributed by atoms with Gasteiger partial charge in [0, 0.05) is 12.6 Å². The average Bonchev–Trinajstić information content (AvgIpc) is 3.31. The van der Waals surface area contributed by atoms with E-state index in [0.717, 1.165) is 19.3 Å². The molecule has 8 nitrogen and oxygen atoms in total. The van der Waals surface area contributed by atoms with Gasteiger partial charge >= 0.3 is 0 Å². The summed E-state index contributed by atoms with van der Waals surface area (Å²) in [4.78, 5) is 53.4. The predicted molar refractivity (Wildman–Crippen MR) is 113 cm³/mol. The standard InChI is InChI=1S/C20H34N4O4S/c1-4-5-8-16(29)20(28)23-11-6-7-15(23)19(27)24-12(2)9-10-14(24)18(26)22-13(3)17(21)25/h12-16,29H,4-11H2,1-3H3,(H2,21,25)(H,22,26). The summed E-state index contributed by atoms with van der Waals surface area (Å²) in [6.45, 7) is 6.03. The van der Waals surface area contributed by atoms with Crippen molar-refractivity contribution in [2.75, 3.05) is 6.54 Å². The smallest absolute Gasteiger partial charge is 0.246 e. The highest BCUT2D eigenvalue weighted by Gasteiger charge is 2.45. The highest BCUT2D eigenvalue weighted by Crippen LogP contribution is 2.30. The lowest BCUT2D eigenvalue weighted by Gasteiger charge is -2.34. The molecule has 2 heterocycles. The molecule has 0 radical (unpaired) electrons. The summed E-state index contributed by atoms with van der Waals surface area (Å²) in [5.41, 5.74) is 5.23. The number of nitrogens with one attached hydrogen (secondary N) is 1. The first-order valence-corrected chi connectivity index (χ1v) is 11.1. The Morgan fingerprint density at radius 3 is 2.48 bits per heavy atom. The van der Waals surface area contributed by atoms with Crippen molar-refractivity contribution in [3.63, 3.8) is 0 Å². The molecule has 9 heteroatoms. The number of amides is 4. The number of thiol groups is 1. The molecule has 164 valence electrons. The molecule has 5 unspecified atom stereocenters. The average molecular weight is 427 g/mol. The van der Waals surface area contributed by atoms with Crippen LogP contribution in [0.25, 0.3) is 0 Å². The minimum Gasteiger partial charge on any atom is -0.368 e. The number of carbonyl (C=O) groups is 4. The van der Waals surface area contributed by atoms with E-state index in [0.29, 0.717) is 32.2 Å². The Morgan fingerprint density at radius 2 is 1.86 bits per heavy atom. The van der Waals surface area contributed by atoms with Crippen LogP contribution in [-0.4, -0.2) is 69.4 Å². The molecule has 2 saturated heterocycles. The molecule has 2 rings (SSSR count). The fourth-order valence-electron chi connectivity index (χ4n) is 4.17. The van der Waals surface area contributed by atoms with E-state index in [9.17, 15) is 19.2 Å². The first-order valence-electron chi connectivity index (χ1n) is 10.6.